The number of hydrogen-bond donors (Lipinski definition) is 3. The third-order valence-corrected chi connectivity index (χ3v) is 6.43. The van der Waals surface area contributed by atoms with Gasteiger partial charge < -0.3 is 15.1 Å². The van der Waals surface area contributed by atoms with Gasteiger partial charge in [-0.3, -0.25) is 4.79 Å². The van der Waals surface area contributed by atoms with Gasteiger partial charge in [0.25, 0.3) is 5.91 Å². The van der Waals surface area contributed by atoms with E-state index in [4.69, 9.17) is 0 Å². The zero-order valence-electron chi connectivity index (χ0n) is 18.5. The first-order chi connectivity index (χ1) is 15.1. The maximum atomic E-state index is 12.7. The second-order valence-corrected chi connectivity index (χ2v) is 8.65. The summed E-state index contributed by atoms with van der Waals surface area (Å²) in [5.41, 5.74) is 5.92. The van der Waals surface area contributed by atoms with E-state index in [9.17, 15) is 4.79 Å². The Bertz CT molecular complexity index is 936. The maximum absolute atomic E-state index is 12.7. The molecule has 31 heavy (non-hydrogen) atoms. The van der Waals surface area contributed by atoms with Crippen LogP contribution in [0.1, 0.15) is 28.3 Å². The number of nitrogens with one attached hydrogen (secondary N) is 3. The van der Waals surface area contributed by atoms with Crippen molar-refractivity contribution < 1.29 is 14.6 Å². The van der Waals surface area contributed by atoms with E-state index in [1.165, 1.54) is 16.0 Å². The van der Waals surface area contributed by atoms with Crippen LogP contribution in [0.15, 0.2) is 78.9 Å². The van der Waals surface area contributed by atoms with Gasteiger partial charge >= 0.3 is 0 Å². The van der Waals surface area contributed by atoms with Gasteiger partial charge in [0, 0.05) is 16.8 Å². The van der Waals surface area contributed by atoms with Crippen LogP contribution in [-0.4, -0.2) is 38.6 Å². The lowest BCUT2D eigenvalue weighted by Gasteiger charge is -2.35. The van der Waals surface area contributed by atoms with Gasteiger partial charge in [0.1, 0.15) is 32.2 Å². The number of benzene rings is 3. The Kier molecular flexibility index (Phi) is 6.80. The molecule has 0 radical (unpaired) electrons. The second kappa shape index (κ2) is 9.90. The lowest BCUT2D eigenvalue weighted by molar-refractivity contribution is -1.02. The fraction of sp³-hybridized carbons (Fsp3) is 0.296. The minimum atomic E-state index is 0.110. The highest BCUT2D eigenvalue weighted by molar-refractivity contribution is 5.93. The molecule has 4 heteroatoms. The number of aryl methyl sites for hydroxylation is 2. The van der Waals surface area contributed by atoms with Gasteiger partial charge in [0.2, 0.25) is 0 Å². The van der Waals surface area contributed by atoms with Gasteiger partial charge in [-0.2, -0.15) is 0 Å². The average molecular weight is 416 g/mol. The molecule has 4 rings (SSSR count). The SMILES string of the molecule is Cc1cccc(C)c1NC(=O)C[NH+]1CC[NH+](C(c2ccccc2)c2ccccc2)CC1. The Morgan fingerprint density at radius 2 is 1.29 bits per heavy atom. The normalized spacial score (nSPS) is 18.7. The van der Waals surface area contributed by atoms with Crippen LogP contribution >= 0.6 is 0 Å². The van der Waals surface area contributed by atoms with Crippen molar-refractivity contribution in [2.45, 2.75) is 19.9 Å². The number of hydrogen-bond acceptors (Lipinski definition) is 1. The molecular formula is C27H33N3O+2. The number of anilines is 1. The van der Waals surface area contributed by atoms with Crippen molar-refractivity contribution in [1.29, 1.82) is 0 Å². The number of piperazine rings is 1. The fourth-order valence-electron chi connectivity index (χ4n) is 4.77. The zero-order chi connectivity index (χ0) is 21.6. The molecule has 1 saturated heterocycles. The van der Waals surface area contributed by atoms with Crippen molar-refractivity contribution in [1.82, 2.24) is 0 Å². The Hall–Kier alpha value is -2.95. The van der Waals surface area contributed by atoms with Gasteiger partial charge in [-0.1, -0.05) is 78.9 Å². The highest BCUT2D eigenvalue weighted by Gasteiger charge is 2.32. The quantitative estimate of drug-likeness (QED) is 0.565. The Morgan fingerprint density at radius 1 is 0.774 bits per heavy atom. The molecule has 160 valence electrons. The molecule has 3 aromatic rings. The first-order valence-electron chi connectivity index (χ1n) is 11.3. The summed E-state index contributed by atoms with van der Waals surface area (Å²) < 4.78 is 0. The Balaban J connectivity index is 1.39. The highest BCUT2D eigenvalue weighted by Crippen LogP contribution is 2.20. The zero-order valence-corrected chi connectivity index (χ0v) is 18.5. The number of amides is 1. The van der Waals surface area contributed by atoms with Gasteiger partial charge in [0.15, 0.2) is 6.54 Å². The topological polar surface area (TPSA) is 38.0 Å². The van der Waals surface area contributed by atoms with E-state index >= 15 is 0 Å². The monoisotopic (exact) mass is 415 g/mol. The third-order valence-electron chi connectivity index (χ3n) is 6.43. The Labute approximate surface area is 185 Å². The standard InChI is InChI=1S/C27H31N3O/c1-21-10-9-11-22(2)26(21)28-25(31)20-29-16-18-30(19-17-29)27(23-12-5-3-6-13-23)24-14-7-4-8-15-24/h3-15,27H,16-20H2,1-2H3,(H,28,31)/p+2. The molecule has 3 aromatic carbocycles. The lowest BCUT2D eigenvalue weighted by atomic mass is 9.96. The van der Waals surface area contributed by atoms with Crippen molar-refractivity contribution in [2.75, 3.05) is 38.0 Å². The Morgan fingerprint density at radius 3 is 1.81 bits per heavy atom. The van der Waals surface area contributed by atoms with Gasteiger partial charge in [-0.15, -0.1) is 0 Å². The largest absolute Gasteiger partial charge is 0.321 e. The van der Waals surface area contributed by atoms with E-state index in [1.54, 1.807) is 4.90 Å². The lowest BCUT2D eigenvalue weighted by Crippen LogP contribution is -3.28. The molecule has 0 saturated carbocycles. The van der Waals surface area contributed by atoms with Crippen LogP contribution in [0.4, 0.5) is 5.69 Å². The van der Waals surface area contributed by atoms with E-state index in [0.29, 0.717) is 12.6 Å². The van der Waals surface area contributed by atoms with Crippen molar-refractivity contribution in [3.05, 3.63) is 101 Å². The van der Waals surface area contributed by atoms with E-state index in [1.807, 2.05) is 32.0 Å². The second-order valence-electron chi connectivity index (χ2n) is 8.65. The van der Waals surface area contributed by atoms with Crippen LogP contribution in [-0.2, 0) is 4.79 Å². The number of carbonyl (C=O) groups is 1. The first-order valence-corrected chi connectivity index (χ1v) is 11.3. The molecule has 1 fully saturated rings. The maximum Gasteiger partial charge on any atom is 0.279 e. The number of carbonyl (C=O) groups excluding carboxylic acids is 1. The van der Waals surface area contributed by atoms with Crippen molar-refractivity contribution in [2.24, 2.45) is 0 Å². The molecule has 4 nitrogen and oxygen atoms in total. The summed E-state index contributed by atoms with van der Waals surface area (Å²) in [4.78, 5) is 15.7. The molecule has 3 N–H and O–H groups in total. The summed E-state index contributed by atoms with van der Waals surface area (Å²) in [5, 5.41) is 3.14. The van der Waals surface area contributed by atoms with Crippen molar-refractivity contribution >= 4 is 11.6 Å². The number of quaternary nitrogens is 2. The summed E-state index contributed by atoms with van der Waals surface area (Å²) >= 11 is 0. The van der Waals surface area contributed by atoms with Crippen LogP contribution < -0.4 is 15.1 Å². The summed E-state index contributed by atoms with van der Waals surface area (Å²) in [5.74, 6) is 0.110. The van der Waals surface area contributed by atoms with Crippen LogP contribution in [0.5, 0.6) is 0 Å². The van der Waals surface area contributed by atoms with Crippen LogP contribution in [0.25, 0.3) is 0 Å². The molecule has 0 aliphatic carbocycles. The van der Waals surface area contributed by atoms with Crippen LogP contribution in [0.3, 0.4) is 0 Å². The third kappa shape index (κ3) is 5.22. The molecule has 0 atom stereocenters. The molecule has 0 spiro atoms. The molecule has 0 aromatic heterocycles. The molecule has 1 aliphatic heterocycles. The van der Waals surface area contributed by atoms with Crippen molar-refractivity contribution in [3.63, 3.8) is 0 Å². The van der Waals surface area contributed by atoms with E-state index in [0.717, 1.165) is 43.0 Å². The van der Waals surface area contributed by atoms with E-state index in [-0.39, 0.29) is 5.91 Å². The molecule has 1 amide bonds. The van der Waals surface area contributed by atoms with E-state index in [2.05, 4.69) is 66.0 Å². The summed E-state index contributed by atoms with van der Waals surface area (Å²) in [6, 6.07) is 28.1. The minimum absolute atomic E-state index is 0.110. The van der Waals surface area contributed by atoms with Gasteiger partial charge in [0.05, 0.1) is 0 Å². The van der Waals surface area contributed by atoms with Gasteiger partial charge in [-0.25, -0.2) is 0 Å². The summed E-state index contributed by atoms with van der Waals surface area (Å²) in [6.45, 7) is 8.75. The van der Waals surface area contributed by atoms with Crippen LogP contribution in [0.2, 0.25) is 0 Å². The predicted octanol–water partition coefficient (Wildman–Crippen LogP) is 1.81. The number of rotatable bonds is 6. The molecule has 1 aliphatic rings. The van der Waals surface area contributed by atoms with Crippen molar-refractivity contribution in [3.8, 4) is 0 Å². The predicted molar refractivity (Wildman–Crippen MR) is 126 cm³/mol. The average Bonchev–Trinajstić information content (AvgIpc) is 2.79. The smallest absolute Gasteiger partial charge is 0.279 e. The molecule has 1 heterocycles. The van der Waals surface area contributed by atoms with Crippen LogP contribution in [0, 0.1) is 13.8 Å². The summed E-state index contributed by atoms with van der Waals surface area (Å²) in [7, 11) is 0. The number of para-hydroxylation sites is 1. The molecular weight excluding hydrogens is 382 g/mol. The fourth-order valence-corrected chi connectivity index (χ4v) is 4.77. The first kappa shape index (κ1) is 21.3. The molecule has 0 bridgehead atoms. The van der Waals surface area contributed by atoms with E-state index < -0.39 is 0 Å². The minimum Gasteiger partial charge on any atom is -0.321 e. The summed E-state index contributed by atoms with van der Waals surface area (Å²) in [6.07, 6.45) is 0. The highest BCUT2D eigenvalue weighted by atomic mass is 16.2. The van der Waals surface area contributed by atoms with Gasteiger partial charge in [-0.05, 0) is 25.0 Å². The molecule has 0 unspecified atom stereocenters.